The molecule has 0 spiro atoms. The number of anilines is 1. The van der Waals surface area contributed by atoms with Gasteiger partial charge in [0, 0.05) is 37.2 Å². The minimum atomic E-state index is -4.43. The first-order valence-electron chi connectivity index (χ1n) is 10.3. The van der Waals surface area contributed by atoms with Gasteiger partial charge in [0.1, 0.15) is 23.5 Å². The summed E-state index contributed by atoms with van der Waals surface area (Å²) in [6.45, 7) is 0.934. The Morgan fingerprint density at radius 1 is 0.971 bits per heavy atom. The molecule has 2 aromatic carbocycles. The predicted octanol–water partition coefficient (Wildman–Crippen LogP) is 4.62. The van der Waals surface area contributed by atoms with Gasteiger partial charge in [-0.15, -0.1) is 0 Å². The van der Waals surface area contributed by atoms with Crippen molar-refractivity contribution in [3.63, 3.8) is 0 Å². The van der Waals surface area contributed by atoms with Crippen LogP contribution in [0.25, 0.3) is 0 Å². The number of rotatable bonds is 8. The van der Waals surface area contributed by atoms with Crippen LogP contribution in [0, 0.1) is 0 Å². The molecule has 0 aliphatic carbocycles. The summed E-state index contributed by atoms with van der Waals surface area (Å²) in [7, 11) is 0. The first-order chi connectivity index (χ1) is 16.4. The maximum Gasteiger partial charge on any atom is 0.416 e. The maximum absolute atomic E-state index is 12.9. The Kier molecular flexibility index (Phi) is 6.86. The van der Waals surface area contributed by atoms with E-state index >= 15 is 0 Å². The summed E-state index contributed by atoms with van der Waals surface area (Å²) < 4.78 is 44.3. The minimum absolute atomic E-state index is 0.106. The average Bonchev–Trinajstić information content (AvgIpc) is 2.83. The van der Waals surface area contributed by atoms with Gasteiger partial charge in [0.05, 0.1) is 11.9 Å². The molecule has 0 bridgehead atoms. The molecule has 4 aromatic rings. The molecule has 174 valence electrons. The number of hydrogen-bond acceptors (Lipinski definition) is 6. The number of halogens is 3. The highest BCUT2D eigenvalue weighted by atomic mass is 19.4. The highest BCUT2D eigenvalue weighted by Gasteiger charge is 2.30. The summed E-state index contributed by atoms with van der Waals surface area (Å²) in [5, 5.41) is 0. The second-order valence-corrected chi connectivity index (χ2v) is 7.45. The van der Waals surface area contributed by atoms with Gasteiger partial charge in [0.25, 0.3) is 5.56 Å². The molecule has 4 rings (SSSR count). The number of alkyl halides is 3. The topological polar surface area (TPSA) is 84.0 Å². The quantitative estimate of drug-likeness (QED) is 0.407. The van der Waals surface area contributed by atoms with E-state index in [1.807, 2.05) is 17.0 Å². The molecule has 0 saturated carbocycles. The summed E-state index contributed by atoms with van der Waals surface area (Å²) in [5.41, 5.74) is 1.12. The summed E-state index contributed by atoms with van der Waals surface area (Å²) in [6, 6.07) is 11.8. The van der Waals surface area contributed by atoms with E-state index in [1.165, 1.54) is 24.8 Å². The van der Waals surface area contributed by atoms with Gasteiger partial charge in [-0.3, -0.25) is 4.79 Å². The predicted molar refractivity (Wildman–Crippen MR) is 120 cm³/mol. The van der Waals surface area contributed by atoms with Crippen LogP contribution in [0.1, 0.15) is 16.7 Å². The Labute approximate surface area is 192 Å². The average molecular weight is 467 g/mol. The van der Waals surface area contributed by atoms with Crippen molar-refractivity contribution in [1.82, 2.24) is 19.9 Å². The molecule has 0 aliphatic rings. The maximum atomic E-state index is 12.9. The zero-order chi connectivity index (χ0) is 24.0. The van der Waals surface area contributed by atoms with E-state index in [-0.39, 0.29) is 11.3 Å². The van der Waals surface area contributed by atoms with Gasteiger partial charge >= 0.3 is 6.18 Å². The van der Waals surface area contributed by atoms with Crippen LogP contribution < -0.4 is 15.2 Å². The number of aromatic amines is 1. The number of benzene rings is 2. The number of ether oxygens (including phenoxy) is 1. The van der Waals surface area contributed by atoms with Gasteiger partial charge in [-0.2, -0.15) is 18.2 Å². The Balaban J connectivity index is 1.44. The zero-order valence-electron chi connectivity index (χ0n) is 17.9. The molecule has 0 aliphatic heterocycles. The lowest BCUT2D eigenvalue weighted by molar-refractivity contribution is -0.137. The highest BCUT2D eigenvalue weighted by Crippen LogP contribution is 2.32. The van der Waals surface area contributed by atoms with E-state index in [2.05, 4.69) is 19.9 Å². The van der Waals surface area contributed by atoms with Gasteiger partial charge in [0.15, 0.2) is 0 Å². The van der Waals surface area contributed by atoms with Gasteiger partial charge in [-0.25, -0.2) is 9.97 Å². The molecule has 0 radical (unpaired) electrons. The van der Waals surface area contributed by atoms with E-state index in [1.54, 1.807) is 30.7 Å². The van der Waals surface area contributed by atoms with E-state index < -0.39 is 11.7 Å². The monoisotopic (exact) mass is 467 g/mol. The third kappa shape index (κ3) is 5.97. The summed E-state index contributed by atoms with van der Waals surface area (Å²) in [4.78, 5) is 28.8. The fraction of sp³-hybridized carbons (Fsp3) is 0.167. The van der Waals surface area contributed by atoms with Crippen LogP contribution >= 0.6 is 0 Å². The fourth-order valence-electron chi connectivity index (χ4n) is 3.34. The lowest BCUT2D eigenvalue weighted by atomic mass is 10.1. The van der Waals surface area contributed by atoms with Crippen LogP contribution in [0.4, 0.5) is 18.9 Å². The van der Waals surface area contributed by atoms with Crippen molar-refractivity contribution in [3.8, 4) is 11.5 Å². The van der Waals surface area contributed by atoms with Crippen LogP contribution in [0.2, 0.25) is 0 Å². The van der Waals surface area contributed by atoms with Crippen molar-refractivity contribution < 1.29 is 17.9 Å². The Bertz CT molecular complexity index is 1280. The number of hydrogen-bond donors (Lipinski definition) is 1. The largest absolute Gasteiger partial charge is 0.457 e. The third-order valence-electron chi connectivity index (χ3n) is 5.01. The Morgan fingerprint density at radius 3 is 2.44 bits per heavy atom. The third-order valence-corrected chi connectivity index (χ3v) is 5.01. The molecule has 2 heterocycles. The fourth-order valence-corrected chi connectivity index (χ4v) is 3.34. The van der Waals surface area contributed by atoms with Crippen molar-refractivity contribution in [2.75, 3.05) is 11.4 Å². The molecule has 0 fully saturated rings. The first kappa shape index (κ1) is 23.0. The molecule has 34 heavy (non-hydrogen) atoms. The van der Waals surface area contributed by atoms with E-state index in [0.29, 0.717) is 30.9 Å². The molecule has 7 nitrogen and oxygen atoms in total. The Morgan fingerprint density at radius 2 is 1.74 bits per heavy atom. The van der Waals surface area contributed by atoms with Crippen LogP contribution in [-0.2, 0) is 19.1 Å². The molecule has 0 unspecified atom stereocenters. The lowest BCUT2D eigenvalue weighted by Gasteiger charge is -2.23. The van der Waals surface area contributed by atoms with Gasteiger partial charge < -0.3 is 14.6 Å². The lowest BCUT2D eigenvalue weighted by Crippen LogP contribution is -2.30. The van der Waals surface area contributed by atoms with Gasteiger partial charge in [0.2, 0.25) is 0 Å². The van der Waals surface area contributed by atoms with Crippen molar-refractivity contribution in [1.29, 1.82) is 0 Å². The molecule has 2 aromatic heterocycles. The zero-order valence-corrected chi connectivity index (χ0v) is 17.9. The van der Waals surface area contributed by atoms with Crippen molar-refractivity contribution in [2.45, 2.75) is 19.1 Å². The highest BCUT2D eigenvalue weighted by molar-refractivity contribution is 5.43. The van der Waals surface area contributed by atoms with Crippen LogP contribution in [0.5, 0.6) is 11.5 Å². The normalized spacial score (nSPS) is 11.3. The SMILES string of the molecule is O=c1nc[nH]cc1N(CCc1ccc(Oc2cccc(C(F)(F)F)c2)cc1)Cc1cncnc1. The summed E-state index contributed by atoms with van der Waals surface area (Å²) >= 11 is 0. The molecule has 1 N–H and O–H groups in total. The van der Waals surface area contributed by atoms with Crippen LogP contribution in [0.3, 0.4) is 0 Å². The molecule has 0 amide bonds. The second-order valence-electron chi connectivity index (χ2n) is 7.45. The summed E-state index contributed by atoms with van der Waals surface area (Å²) in [5.74, 6) is 0.528. The second kappa shape index (κ2) is 10.2. The standard InChI is InChI=1S/C24H20F3N5O2/c25-24(26,27)19-2-1-3-21(10-19)34-20-6-4-17(5-7-20)8-9-32(14-18-11-28-15-29-12-18)22-13-30-16-31-23(22)33/h1-7,10-13,15-16H,8-9,14H2,(H,30,31,33). The van der Waals surface area contributed by atoms with Crippen molar-refractivity contribution >= 4 is 5.69 Å². The van der Waals surface area contributed by atoms with Crippen molar-refractivity contribution in [3.05, 3.63) is 107 Å². The number of nitrogens with zero attached hydrogens (tertiary/aromatic N) is 4. The Hall–Kier alpha value is -4.21. The van der Waals surface area contributed by atoms with Crippen molar-refractivity contribution in [2.24, 2.45) is 0 Å². The van der Waals surface area contributed by atoms with Gasteiger partial charge in [-0.05, 0) is 42.3 Å². The molecular weight excluding hydrogens is 447 g/mol. The smallest absolute Gasteiger partial charge is 0.416 e. The summed E-state index contributed by atoms with van der Waals surface area (Å²) in [6.07, 6.45) is 3.91. The molecule has 0 saturated heterocycles. The van der Waals surface area contributed by atoms with E-state index in [4.69, 9.17) is 4.74 Å². The van der Waals surface area contributed by atoms with Crippen LogP contribution in [0.15, 0.2) is 84.6 Å². The first-order valence-corrected chi connectivity index (χ1v) is 10.3. The number of nitrogens with one attached hydrogen (secondary N) is 1. The molecule has 0 atom stereocenters. The van der Waals surface area contributed by atoms with E-state index in [9.17, 15) is 18.0 Å². The van der Waals surface area contributed by atoms with Gasteiger partial charge in [-0.1, -0.05) is 18.2 Å². The minimum Gasteiger partial charge on any atom is -0.457 e. The molecular formula is C24H20F3N5O2. The molecule has 10 heteroatoms. The number of H-pyrrole nitrogens is 1. The van der Waals surface area contributed by atoms with E-state index in [0.717, 1.165) is 23.3 Å². The number of aromatic nitrogens is 4. The van der Waals surface area contributed by atoms with Crippen LogP contribution in [-0.4, -0.2) is 26.5 Å².